The SMILES string of the molecule is c1cc(-c2cnc(NC3CCNC3)nc2)c[nH]1. The summed E-state index contributed by atoms with van der Waals surface area (Å²) in [6.45, 7) is 2.06. The third-order valence-corrected chi connectivity index (χ3v) is 2.98. The van der Waals surface area contributed by atoms with Crippen molar-refractivity contribution in [1.29, 1.82) is 0 Å². The lowest BCUT2D eigenvalue weighted by Crippen LogP contribution is -2.23. The van der Waals surface area contributed by atoms with E-state index < -0.39 is 0 Å². The normalized spacial score (nSPS) is 19.4. The number of hydrogen-bond acceptors (Lipinski definition) is 4. The molecule has 0 amide bonds. The van der Waals surface area contributed by atoms with E-state index in [2.05, 4.69) is 25.6 Å². The zero-order valence-corrected chi connectivity index (χ0v) is 9.48. The largest absolute Gasteiger partial charge is 0.367 e. The number of nitrogens with zero attached hydrogens (tertiary/aromatic N) is 2. The van der Waals surface area contributed by atoms with E-state index in [1.807, 2.05) is 30.9 Å². The molecular weight excluding hydrogens is 214 g/mol. The Hall–Kier alpha value is -1.88. The molecule has 1 saturated heterocycles. The van der Waals surface area contributed by atoms with Crippen LogP contribution in [0.1, 0.15) is 6.42 Å². The van der Waals surface area contributed by atoms with Crippen molar-refractivity contribution >= 4 is 5.95 Å². The first-order valence-corrected chi connectivity index (χ1v) is 5.84. The molecule has 1 aliphatic rings. The topological polar surface area (TPSA) is 65.6 Å². The number of aromatic nitrogens is 3. The third kappa shape index (κ3) is 2.29. The third-order valence-electron chi connectivity index (χ3n) is 2.98. The Morgan fingerprint density at radius 1 is 1.24 bits per heavy atom. The molecule has 1 fully saturated rings. The number of aromatic amines is 1. The van der Waals surface area contributed by atoms with Crippen LogP contribution < -0.4 is 10.6 Å². The molecule has 3 N–H and O–H groups in total. The molecule has 1 unspecified atom stereocenters. The predicted octanol–water partition coefficient (Wildman–Crippen LogP) is 1.25. The van der Waals surface area contributed by atoms with Crippen molar-refractivity contribution in [3.05, 3.63) is 30.9 Å². The maximum atomic E-state index is 4.33. The van der Waals surface area contributed by atoms with Crippen molar-refractivity contribution in [2.24, 2.45) is 0 Å². The van der Waals surface area contributed by atoms with Crippen molar-refractivity contribution in [3.63, 3.8) is 0 Å². The highest BCUT2D eigenvalue weighted by Crippen LogP contribution is 2.17. The molecule has 2 aromatic heterocycles. The van der Waals surface area contributed by atoms with Crippen molar-refractivity contribution in [3.8, 4) is 11.1 Å². The predicted molar refractivity (Wildman–Crippen MR) is 66.7 cm³/mol. The fourth-order valence-electron chi connectivity index (χ4n) is 2.02. The van der Waals surface area contributed by atoms with E-state index in [0.717, 1.165) is 30.6 Å². The second-order valence-electron chi connectivity index (χ2n) is 4.23. The van der Waals surface area contributed by atoms with Gasteiger partial charge in [-0.05, 0) is 19.0 Å². The Kier molecular flexibility index (Phi) is 2.75. The van der Waals surface area contributed by atoms with Crippen molar-refractivity contribution in [1.82, 2.24) is 20.3 Å². The van der Waals surface area contributed by atoms with Gasteiger partial charge in [0, 0.05) is 48.5 Å². The number of H-pyrrole nitrogens is 1. The summed E-state index contributed by atoms with van der Waals surface area (Å²) in [7, 11) is 0. The average Bonchev–Trinajstić information content (AvgIpc) is 3.01. The monoisotopic (exact) mass is 229 g/mol. The van der Waals surface area contributed by atoms with Gasteiger partial charge in [0.05, 0.1) is 0 Å². The van der Waals surface area contributed by atoms with Crippen LogP contribution in [0.5, 0.6) is 0 Å². The maximum absolute atomic E-state index is 4.33. The molecular formula is C12H15N5. The second-order valence-corrected chi connectivity index (χ2v) is 4.23. The molecule has 0 saturated carbocycles. The summed E-state index contributed by atoms with van der Waals surface area (Å²) in [6, 6.07) is 2.46. The number of hydrogen-bond donors (Lipinski definition) is 3. The van der Waals surface area contributed by atoms with Crippen LogP contribution in [0, 0.1) is 0 Å². The highest BCUT2D eigenvalue weighted by atomic mass is 15.1. The van der Waals surface area contributed by atoms with Gasteiger partial charge < -0.3 is 15.6 Å². The van der Waals surface area contributed by atoms with E-state index in [-0.39, 0.29) is 0 Å². The van der Waals surface area contributed by atoms with E-state index in [1.165, 1.54) is 0 Å². The Bertz CT molecular complexity index is 456. The summed E-state index contributed by atoms with van der Waals surface area (Å²) < 4.78 is 0. The Labute approximate surface area is 99.7 Å². The lowest BCUT2D eigenvalue weighted by atomic mass is 10.2. The van der Waals surface area contributed by atoms with E-state index in [1.54, 1.807) is 0 Å². The standard InChI is InChI=1S/C12H15N5/c1-3-13-5-9(1)10-6-15-12(16-7-10)17-11-2-4-14-8-11/h1,3,5-7,11,13-14H,2,4,8H2,(H,15,16,17). The van der Waals surface area contributed by atoms with Gasteiger partial charge in [0.25, 0.3) is 0 Å². The van der Waals surface area contributed by atoms with Gasteiger partial charge in [0.1, 0.15) is 0 Å². The smallest absolute Gasteiger partial charge is 0.222 e. The Morgan fingerprint density at radius 2 is 2.12 bits per heavy atom. The van der Waals surface area contributed by atoms with Crippen molar-refractivity contribution in [2.75, 3.05) is 18.4 Å². The Balaban J connectivity index is 1.71. The summed E-state index contributed by atoms with van der Waals surface area (Å²) in [5.41, 5.74) is 2.14. The summed E-state index contributed by atoms with van der Waals surface area (Å²) in [5.74, 6) is 0.706. The van der Waals surface area contributed by atoms with Gasteiger partial charge in [-0.1, -0.05) is 0 Å². The minimum absolute atomic E-state index is 0.452. The lowest BCUT2D eigenvalue weighted by molar-refractivity contribution is 0.780. The molecule has 17 heavy (non-hydrogen) atoms. The van der Waals surface area contributed by atoms with E-state index in [4.69, 9.17) is 0 Å². The van der Waals surface area contributed by atoms with Gasteiger partial charge in [-0.15, -0.1) is 0 Å². The summed E-state index contributed by atoms with van der Waals surface area (Å²) in [6.07, 6.45) is 8.66. The molecule has 0 aromatic carbocycles. The molecule has 5 nitrogen and oxygen atoms in total. The van der Waals surface area contributed by atoms with Gasteiger partial charge in [-0.3, -0.25) is 0 Å². The fraction of sp³-hybridized carbons (Fsp3) is 0.333. The van der Waals surface area contributed by atoms with Crippen LogP contribution in [0.25, 0.3) is 11.1 Å². The molecule has 0 aliphatic carbocycles. The molecule has 3 rings (SSSR count). The minimum Gasteiger partial charge on any atom is -0.367 e. The zero-order chi connectivity index (χ0) is 11.5. The second kappa shape index (κ2) is 4.55. The molecule has 0 bridgehead atoms. The van der Waals surface area contributed by atoms with Crippen molar-refractivity contribution < 1.29 is 0 Å². The first kappa shape index (κ1) is 10.3. The lowest BCUT2D eigenvalue weighted by Gasteiger charge is -2.10. The quantitative estimate of drug-likeness (QED) is 0.741. The molecule has 1 aliphatic heterocycles. The minimum atomic E-state index is 0.452. The van der Waals surface area contributed by atoms with Gasteiger partial charge in [-0.2, -0.15) is 0 Å². The molecule has 88 valence electrons. The molecule has 0 radical (unpaired) electrons. The van der Waals surface area contributed by atoms with Crippen LogP contribution in [0.15, 0.2) is 30.9 Å². The van der Waals surface area contributed by atoms with Gasteiger partial charge in [-0.25, -0.2) is 9.97 Å². The number of anilines is 1. The van der Waals surface area contributed by atoms with Crippen LogP contribution in [0.2, 0.25) is 0 Å². The average molecular weight is 229 g/mol. The first-order valence-electron chi connectivity index (χ1n) is 5.84. The van der Waals surface area contributed by atoms with Gasteiger partial charge in [0.15, 0.2) is 0 Å². The molecule has 0 spiro atoms. The highest BCUT2D eigenvalue weighted by Gasteiger charge is 2.14. The van der Waals surface area contributed by atoms with Crippen LogP contribution in [0.4, 0.5) is 5.95 Å². The zero-order valence-electron chi connectivity index (χ0n) is 9.48. The molecule has 2 aromatic rings. The molecule has 3 heterocycles. The van der Waals surface area contributed by atoms with Crippen molar-refractivity contribution in [2.45, 2.75) is 12.5 Å². The first-order chi connectivity index (χ1) is 8.42. The fourth-order valence-corrected chi connectivity index (χ4v) is 2.02. The Morgan fingerprint density at radius 3 is 2.76 bits per heavy atom. The number of nitrogens with one attached hydrogen (secondary N) is 3. The molecule has 5 heteroatoms. The van der Waals surface area contributed by atoms with Crippen LogP contribution in [-0.2, 0) is 0 Å². The summed E-state index contributed by atoms with van der Waals surface area (Å²) in [5, 5.41) is 6.62. The van der Waals surface area contributed by atoms with E-state index in [9.17, 15) is 0 Å². The van der Waals surface area contributed by atoms with Crippen LogP contribution in [0.3, 0.4) is 0 Å². The molecule has 1 atom stereocenters. The van der Waals surface area contributed by atoms with Gasteiger partial charge in [0.2, 0.25) is 5.95 Å². The van der Waals surface area contributed by atoms with E-state index in [0.29, 0.717) is 12.0 Å². The summed E-state index contributed by atoms with van der Waals surface area (Å²) in [4.78, 5) is 11.7. The maximum Gasteiger partial charge on any atom is 0.222 e. The van der Waals surface area contributed by atoms with E-state index >= 15 is 0 Å². The van der Waals surface area contributed by atoms with Crippen LogP contribution in [-0.4, -0.2) is 34.1 Å². The van der Waals surface area contributed by atoms with Gasteiger partial charge >= 0.3 is 0 Å². The van der Waals surface area contributed by atoms with Crippen LogP contribution >= 0.6 is 0 Å². The highest BCUT2D eigenvalue weighted by molar-refractivity contribution is 5.60. The number of rotatable bonds is 3. The summed E-state index contributed by atoms with van der Waals surface area (Å²) >= 11 is 0.